The van der Waals surface area contributed by atoms with Crippen LogP contribution in [-0.4, -0.2) is 24.5 Å². The van der Waals surface area contributed by atoms with Crippen LogP contribution in [0.25, 0.3) is 0 Å². The second-order valence-electron chi connectivity index (χ2n) is 0.985. The van der Waals surface area contributed by atoms with Crippen LogP contribution in [0.4, 0.5) is 0 Å². The predicted molar refractivity (Wildman–Crippen MR) is 35.1 cm³/mol. The molecule has 0 aliphatic rings. The molecule has 0 atom stereocenters. The van der Waals surface area contributed by atoms with Crippen LogP contribution in [0.3, 0.4) is 0 Å². The van der Waals surface area contributed by atoms with Gasteiger partial charge in [-0.3, -0.25) is 0 Å². The molecule has 0 rings (SSSR count). The van der Waals surface area contributed by atoms with Crippen molar-refractivity contribution in [3.05, 3.63) is 0 Å². The van der Waals surface area contributed by atoms with Gasteiger partial charge < -0.3 is 4.55 Å². The third kappa shape index (κ3) is 17.6. The Kier molecular flexibility index (Phi) is 13.7. The second-order valence-corrected chi connectivity index (χ2v) is 2.96. The van der Waals surface area contributed by atoms with E-state index in [1.54, 1.807) is 0 Å². The van der Waals surface area contributed by atoms with E-state index in [4.69, 9.17) is 0 Å². The fourth-order valence-electron chi connectivity index (χ4n) is 0.112. The van der Waals surface area contributed by atoms with Crippen molar-refractivity contribution in [1.82, 2.24) is 0 Å². The van der Waals surface area contributed by atoms with E-state index in [9.17, 15) is 13.0 Å². The van der Waals surface area contributed by atoms with Gasteiger partial charge in [0.1, 0.15) is 0 Å². The fourth-order valence-corrected chi connectivity index (χ4v) is 1.01. The molecule has 0 heterocycles. The first-order valence-electron chi connectivity index (χ1n) is 1.60. The van der Waals surface area contributed by atoms with Crippen LogP contribution in [-0.2, 0) is 10.1 Å². The first-order chi connectivity index (χ1) is 3.06. The van der Waals surface area contributed by atoms with Crippen molar-refractivity contribution < 1.29 is 42.5 Å². The molecule has 0 aromatic carbocycles. The molecule has 0 saturated heterocycles. The van der Waals surface area contributed by atoms with Gasteiger partial charge >= 0.3 is 29.6 Å². The summed E-state index contributed by atoms with van der Waals surface area (Å²) in [6.07, 6.45) is 0. The first-order valence-corrected chi connectivity index (χ1v) is 3.81. The minimum atomic E-state index is -4.00. The molecular formula is C3H9NaO3S2. The van der Waals surface area contributed by atoms with E-state index in [1.807, 2.05) is 0 Å². The molecule has 6 heteroatoms. The van der Waals surface area contributed by atoms with E-state index in [0.29, 0.717) is 0 Å². The summed E-state index contributed by atoms with van der Waals surface area (Å²) in [5, 5.41) is 0. The summed E-state index contributed by atoms with van der Waals surface area (Å²) < 4.78 is 28.9. The van der Waals surface area contributed by atoms with Crippen molar-refractivity contribution in [2.75, 3.05) is 11.5 Å². The molecule has 0 saturated carbocycles. The van der Waals surface area contributed by atoms with Crippen LogP contribution in [0.2, 0.25) is 0 Å². The molecule has 3 nitrogen and oxygen atoms in total. The molecule has 9 heavy (non-hydrogen) atoms. The SMILES string of the molecule is C.O=S(=O)([O-])CCS.[Na+]. The minimum absolute atomic E-state index is 0. The largest absolute Gasteiger partial charge is 1.00 e. The Labute approximate surface area is 83.7 Å². The van der Waals surface area contributed by atoms with Gasteiger partial charge in [-0.15, -0.1) is 0 Å². The van der Waals surface area contributed by atoms with E-state index in [1.165, 1.54) is 0 Å². The van der Waals surface area contributed by atoms with Crippen LogP contribution in [0.5, 0.6) is 0 Å². The van der Waals surface area contributed by atoms with E-state index in [0.717, 1.165) is 0 Å². The first kappa shape index (κ1) is 16.7. The van der Waals surface area contributed by atoms with E-state index in [-0.39, 0.29) is 48.5 Å². The maximum absolute atomic E-state index is 9.63. The Morgan fingerprint density at radius 3 is 1.78 bits per heavy atom. The zero-order valence-electron chi connectivity index (χ0n) is 4.49. The maximum Gasteiger partial charge on any atom is 1.00 e. The maximum atomic E-state index is 9.63. The second kappa shape index (κ2) is 7.37. The summed E-state index contributed by atoms with van der Waals surface area (Å²) in [5.74, 6) is -0.276. The summed E-state index contributed by atoms with van der Waals surface area (Å²) in [7, 11) is -4.00. The molecule has 0 aromatic rings. The molecule has 0 spiro atoms. The minimum Gasteiger partial charge on any atom is -0.748 e. The van der Waals surface area contributed by atoms with Crippen molar-refractivity contribution >= 4 is 22.7 Å². The normalized spacial score (nSPS) is 9.11. The van der Waals surface area contributed by atoms with Gasteiger partial charge in [0.05, 0.1) is 10.1 Å². The molecule has 0 fully saturated rings. The molecule has 0 unspecified atom stereocenters. The van der Waals surface area contributed by atoms with Gasteiger partial charge in [0.2, 0.25) is 0 Å². The Morgan fingerprint density at radius 1 is 1.44 bits per heavy atom. The van der Waals surface area contributed by atoms with E-state index in [2.05, 4.69) is 12.6 Å². The molecule has 0 amide bonds. The molecule has 0 aliphatic heterocycles. The van der Waals surface area contributed by atoms with Gasteiger partial charge in [0, 0.05) is 11.5 Å². The van der Waals surface area contributed by atoms with Gasteiger partial charge in [0.25, 0.3) is 0 Å². The summed E-state index contributed by atoms with van der Waals surface area (Å²) in [5.41, 5.74) is 0. The molecule has 0 N–H and O–H groups in total. The van der Waals surface area contributed by atoms with Crippen molar-refractivity contribution in [2.24, 2.45) is 0 Å². The Morgan fingerprint density at radius 2 is 1.78 bits per heavy atom. The number of thiol groups is 1. The van der Waals surface area contributed by atoms with E-state index >= 15 is 0 Å². The monoisotopic (exact) mass is 180 g/mol. The van der Waals surface area contributed by atoms with Crippen LogP contribution in [0, 0.1) is 0 Å². The Balaban J connectivity index is -0.000000180. The molecular weight excluding hydrogens is 171 g/mol. The summed E-state index contributed by atoms with van der Waals surface area (Å²) >= 11 is 3.53. The van der Waals surface area contributed by atoms with Gasteiger partial charge in [-0.2, -0.15) is 12.6 Å². The van der Waals surface area contributed by atoms with Crippen LogP contribution < -0.4 is 29.6 Å². The zero-order valence-corrected chi connectivity index (χ0v) is 8.21. The van der Waals surface area contributed by atoms with Crippen molar-refractivity contribution in [1.29, 1.82) is 0 Å². The quantitative estimate of drug-likeness (QED) is 0.282. The van der Waals surface area contributed by atoms with Crippen molar-refractivity contribution in [2.45, 2.75) is 7.43 Å². The third-order valence-electron chi connectivity index (χ3n) is 0.341. The molecule has 52 valence electrons. The predicted octanol–water partition coefficient (Wildman–Crippen LogP) is -2.90. The zero-order chi connectivity index (χ0) is 5.91. The van der Waals surface area contributed by atoms with Crippen LogP contribution in [0.1, 0.15) is 7.43 Å². The topological polar surface area (TPSA) is 57.2 Å². The van der Waals surface area contributed by atoms with Gasteiger partial charge in [0.15, 0.2) is 0 Å². The van der Waals surface area contributed by atoms with Gasteiger partial charge in [-0.05, 0) is 0 Å². The average molecular weight is 180 g/mol. The third-order valence-corrected chi connectivity index (χ3v) is 1.57. The average Bonchev–Trinajstić information content (AvgIpc) is 1.30. The number of hydrogen-bond acceptors (Lipinski definition) is 4. The van der Waals surface area contributed by atoms with Gasteiger partial charge in [-0.25, -0.2) is 8.42 Å². The molecule has 0 aromatic heterocycles. The summed E-state index contributed by atoms with van der Waals surface area (Å²) in [6, 6.07) is 0. The number of hydrogen-bond donors (Lipinski definition) is 1. The smallest absolute Gasteiger partial charge is 0.748 e. The Bertz CT molecular complexity index is 130. The van der Waals surface area contributed by atoms with Crippen molar-refractivity contribution in [3.8, 4) is 0 Å². The summed E-state index contributed by atoms with van der Waals surface area (Å²) in [4.78, 5) is 0. The number of rotatable bonds is 2. The van der Waals surface area contributed by atoms with Crippen LogP contribution >= 0.6 is 12.6 Å². The fraction of sp³-hybridized carbons (Fsp3) is 1.00. The Hall–Kier alpha value is 1.26. The standard InChI is InChI=1S/C2H6O3S2.CH4.Na/c3-7(4,5)2-1-6;;/h6H,1-2H2,(H,3,4,5);1H4;/q;;+1/p-1. The molecule has 0 radical (unpaired) electrons. The van der Waals surface area contributed by atoms with Crippen molar-refractivity contribution in [3.63, 3.8) is 0 Å². The molecule has 0 aliphatic carbocycles. The van der Waals surface area contributed by atoms with Crippen LogP contribution in [0.15, 0.2) is 0 Å². The summed E-state index contributed by atoms with van der Waals surface area (Å²) in [6.45, 7) is 0. The van der Waals surface area contributed by atoms with E-state index < -0.39 is 10.1 Å². The van der Waals surface area contributed by atoms with Gasteiger partial charge in [-0.1, -0.05) is 7.43 Å². The molecule has 0 bridgehead atoms.